The molecule has 1 amide bonds. The lowest BCUT2D eigenvalue weighted by atomic mass is 9.96. The van der Waals surface area contributed by atoms with Gasteiger partial charge in [-0.15, -0.1) is 0 Å². The first-order valence-electron chi connectivity index (χ1n) is 7.26. The van der Waals surface area contributed by atoms with Crippen LogP contribution in [0.4, 0.5) is 17.3 Å². The lowest BCUT2D eigenvalue weighted by Crippen LogP contribution is -2.38. The van der Waals surface area contributed by atoms with E-state index >= 15 is 0 Å². The first kappa shape index (κ1) is 14.2. The van der Waals surface area contributed by atoms with E-state index in [2.05, 4.69) is 25.2 Å². The Labute approximate surface area is 128 Å². The van der Waals surface area contributed by atoms with E-state index in [1.165, 1.54) is 0 Å². The first-order chi connectivity index (χ1) is 10.7. The van der Waals surface area contributed by atoms with Crippen molar-refractivity contribution < 1.29 is 4.79 Å². The lowest BCUT2D eigenvalue weighted by molar-refractivity contribution is -0.120. The van der Waals surface area contributed by atoms with E-state index in [0.717, 1.165) is 31.7 Å². The number of carbonyl (C=O) groups excluding carboxylic acids is 1. The summed E-state index contributed by atoms with van der Waals surface area (Å²) in [4.78, 5) is 26.8. The number of anilines is 3. The zero-order valence-corrected chi connectivity index (χ0v) is 12.1. The highest BCUT2D eigenvalue weighted by molar-refractivity contribution is 5.92. The molecule has 2 aromatic rings. The zero-order valence-electron chi connectivity index (χ0n) is 12.1. The number of nitrogens with two attached hydrogens (primary N) is 1. The molecule has 1 saturated heterocycles. The quantitative estimate of drug-likeness (QED) is 0.886. The fourth-order valence-electron chi connectivity index (χ4n) is 2.55. The van der Waals surface area contributed by atoms with Crippen LogP contribution in [0.3, 0.4) is 0 Å². The smallest absolute Gasteiger partial charge is 0.227 e. The van der Waals surface area contributed by atoms with Gasteiger partial charge in [-0.25, -0.2) is 9.97 Å². The SMILES string of the molecule is Nc1ccc(NC(=O)C2CCN(c3cnccn3)CC2)cn1. The van der Waals surface area contributed by atoms with E-state index in [9.17, 15) is 4.79 Å². The van der Waals surface area contributed by atoms with Gasteiger partial charge in [-0.1, -0.05) is 0 Å². The van der Waals surface area contributed by atoms with Gasteiger partial charge in [0.25, 0.3) is 0 Å². The normalized spacial score (nSPS) is 15.5. The molecule has 1 aliphatic heterocycles. The first-order valence-corrected chi connectivity index (χ1v) is 7.26. The summed E-state index contributed by atoms with van der Waals surface area (Å²) >= 11 is 0. The van der Waals surface area contributed by atoms with Gasteiger partial charge in [-0.05, 0) is 25.0 Å². The number of hydrogen-bond donors (Lipinski definition) is 2. The standard InChI is InChI=1S/C15H18N6O/c16-13-2-1-12(9-19-13)20-15(22)11-3-7-21(8-4-11)14-10-17-5-6-18-14/h1-2,5-6,9-11H,3-4,7-8H2,(H2,16,19)(H,20,22). The second-order valence-electron chi connectivity index (χ2n) is 5.29. The van der Waals surface area contributed by atoms with Gasteiger partial charge in [0.1, 0.15) is 11.6 Å². The number of pyridine rings is 1. The number of nitrogens with one attached hydrogen (secondary N) is 1. The molecule has 0 bridgehead atoms. The number of amides is 1. The van der Waals surface area contributed by atoms with E-state index in [-0.39, 0.29) is 11.8 Å². The Hall–Kier alpha value is -2.70. The van der Waals surface area contributed by atoms with Gasteiger partial charge in [0.15, 0.2) is 0 Å². The summed E-state index contributed by atoms with van der Waals surface area (Å²) < 4.78 is 0. The maximum Gasteiger partial charge on any atom is 0.227 e. The van der Waals surface area contributed by atoms with Crippen LogP contribution in [0.5, 0.6) is 0 Å². The van der Waals surface area contributed by atoms with Crippen LogP contribution in [0.1, 0.15) is 12.8 Å². The molecular formula is C15H18N6O. The largest absolute Gasteiger partial charge is 0.384 e. The number of piperidine rings is 1. The molecule has 0 aromatic carbocycles. The molecular weight excluding hydrogens is 280 g/mol. The number of nitrogen functional groups attached to an aromatic ring is 1. The van der Waals surface area contributed by atoms with Crippen molar-refractivity contribution in [3.8, 4) is 0 Å². The fraction of sp³-hybridized carbons (Fsp3) is 0.333. The Morgan fingerprint density at radius 3 is 2.64 bits per heavy atom. The highest BCUT2D eigenvalue weighted by atomic mass is 16.1. The van der Waals surface area contributed by atoms with Crippen molar-refractivity contribution in [2.75, 3.05) is 29.0 Å². The maximum absolute atomic E-state index is 12.3. The molecule has 0 saturated carbocycles. The minimum absolute atomic E-state index is 0.00507. The van der Waals surface area contributed by atoms with Crippen LogP contribution in [0.15, 0.2) is 36.9 Å². The Morgan fingerprint density at radius 1 is 1.18 bits per heavy atom. The number of nitrogens with zero attached hydrogens (tertiary/aromatic N) is 4. The molecule has 0 radical (unpaired) electrons. The van der Waals surface area contributed by atoms with E-state index in [1.54, 1.807) is 36.9 Å². The van der Waals surface area contributed by atoms with Crippen LogP contribution >= 0.6 is 0 Å². The average Bonchev–Trinajstić information content (AvgIpc) is 2.58. The molecule has 7 heteroatoms. The number of rotatable bonds is 3. The number of aromatic nitrogens is 3. The fourth-order valence-corrected chi connectivity index (χ4v) is 2.55. The van der Waals surface area contributed by atoms with Crippen LogP contribution in [-0.4, -0.2) is 33.9 Å². The molecule has 1 aliphatic rings. The molecule has 0 spiro atoms. The predicted octanol–water partition coefficient (Wildman–Crippen LogP) is 1.31. The van der Waals surface area contributed by atoms with E-state index < -0.39 is 0 Å². The third-order valence-electron chi connectivity index (χ3n) is 3.79. The highest BCUT2D eigenvalue weighted by Crippen LogP contribution is 2.22. The Morgan fingerprint density at radius 2 is 2.00 bits per heavy atom. The monoisotopic (exact) mass is 298 g/mol. The van der Waals surface area contributed by atoms with Crippen LogP contribution in [0.25, 0.3) is 0 Å². The molecule has 3 heterocycles. The Kier molecular flexibility index (Phi) is 4.13. The van der Waals surface area contributed by atoms with Gasteiger partial charge >= 0.3 is 0 Å². The van der Waals surface area contributed by atoms with Crippen molar-refractivity contribution in [2.24, 2.45) is 5.92 Å². The number of hydrogen-bond acceptors (Lipinski definition) is 6. The van der Waals surface area contributed by atoms with E-state index in [0.29, 0.717) is 11.5 Å². The van der Waals surface area contributed by atoms with Crippen molar-refractivity contribution in [3.05, 3.63) is 36.9 Å². The van der Waals surface area contributed by atoms with Gasteiger partial charge in [0.05, 0.1) is 18.1 Å². The topological polar surface area (TPSA) is 97.0 Å². The molecule has 1 fully saturated rings. The molecule has 3 N–H and O–H groups in total. The lowest BCUT2D eigenvalue weighted by Gasteiger charge is -2.31. The third-order valence-corrected chi connectivity index (χ3v) is 3.79. The summed E-state index contributed by atoms with van der Waals surface area (Å²) in [6.45, 7) is 1.60. The van der Waals surface area contributed by atoms with Crippen LogP contribution in [0.2, 0.25) is 0 Å². The summed E-state index contributed by atoms with van der Waals surface area (Å²) in [6.07, 6.45) is 8.25. The van der Waals surface area contributed by atoms with Gasteiger partial charge in [0.2, 0.25) is 5.91 Å². The molecule has 0 atom stereocenters. The minimum atomic E-state index is 0.00507. The summed E-state index contributed by atoms with van der Waals surface area (Å²) in [7, 11) is 0. The molecule has 0 unspecified atom stereocenters. The molecule has 7 nitrogen and oxygen atoms in total. The van der Waals surface area contributed by atoms with Crippen molar-refractivity contribution >= 4 is 23.2 Å². The maximum atomic E-state index is 12.3. The summed E-state index contributed by atoms with van der Waals surface area (Å²) in [6, 6.07) is 3.43. The molecule has 22 heavy (non-hydrogen) atoms. The second-order valence-corrected chi connectivity index (χ2v) is 5.29. The van der Waals surface area contributed by atoms with E-state index in [4.69, 9.17) is 5.73 Å². The van der Waals surface area contributed by atoms with Crippen molar-refractivity contribution in [1.82, 2.24) is 15.0 Å². The Balaban J connectivity index is 1.54. The summed E-state index contributed by atoms with van der Waals surface area (Å²) in [5.74, 6) is 1.34. The highest BCUT2D eigenvalue weighted by Gasteiger charge is 2.25. The summed E-state index contributed by atoms with van der Waals surface area (Å²) in [5.41, 5.74) is 6.21. The second kappa shape index (κ2) is 6.38. The molecule has 2 aromatic heterocycles. The van der Waals surface area contributed by atoms with Gasteiger partial charge in [-0.3, -0.25) is 9.78 Å². The minimum Gasteiger partial charge on any atom is -0.384 e. The van der Waals surface area contributed by atoms with Crippen molar-refractivity contribution in [1.29, 1.82) is 0 Å². The van der Waals surface area contributed by atoms with Gasteiger partial charge < -0.3 is 16.0 Å². The number of carbonyl (C=O) groups is 1. The zero-order chi connectivity index (χ0) is 15.4. The predicted molar refractivity (Wildman–Crippen MR) is 84.2 cm³/mol. The summed E-state index contributed by atoms with van der Waals surface area (Å²) in [5, 5.41) is 2.89. The molecule has 114 valence electrons. The third kappa shape index (κ3) is 3.30. The van der Waals surface area contributed by atoms with Crippen LogP contribution in [0, 0.1) is 5.92 Å². The van der Waals surface area contributed by atoms with Crippen molar-refractivity contribution in [3.63, 3.8) is 0 Å². The van der Waals surface area contributed by atoms with Crippen LogP contribution < -0.4 is 16.0 Å². The van der Waals surface area contributed by atoms with Crippen molar-refractivity contribution in [2.45, 2.75) is 12.8 Å². The Bertz CT molecular complexity index is 622. The van der Waals surface area contributed by atoms with Gasteiger partial charge in [-0.2, -0.15) is 0 Å². The van der Waals surface area contributed by atoms with Gasteiger partial charge in [0, 0.05) is 31.4 Å². The molecule has 0 aliphatic carbocycles. The molecule has 3 rings (SSSR count). The average molecular weight is 298 g/mol. The van der Waals surface area contributed by atoms with Crippen LogP contribution in [-0.2, 0) is 4.79 Å². The van der Waals surface area contributed by atoms with E-state index in [1.807, 2.05) is 0 Å².